The Bertz CT molecular complexity index is 906. The number of benzene rings is 1. The molecule has 0 saturated carbocycles. The summed E-state index contributed by atoms with van der Waals surface area (Å²) in [7, 11) is -3.81. The highest BCUT2D eigenvalue weighted by atomic mass is 32.2. The Morgan fingerprint density at radius 3 is 2.54 bits per heavy atom. The molecule has 0 aliphatic carbocycles. The van der Waals surface area contributed by atoms with E-state index < -0.39 is 10.0 Å². The Balaban J connectivity index is 1.59. The molecule has 1 aromatic heterocycles. The Hall–Kier alpha value is -2.08. The molecule has 0 bridgehead atoms. The van der Waals surface area contributed by atoms with Gasteiger partial charge >= 0.3 is 0 Å². The fourth-order valence-electron chi connectivity index (χ4n) is 2.50. The Labute approximate surface area is 168 Å². The van der Waals surface area contributed by atoms with Gasteiger partial charge in [-0.2, -0.15) is 0 Å². The number of carbonyl (C=O) groups excluding carboxylic acids is 1. The highest BCUT2D eigenvalue weighted by Crippen LogP contribution is 2.21. The Morgan fingerprint density at radius 1 is 1.21 bits per heavy atom. The van der Waals surface area contributed by atoms with Crippen molar-refractivity contribution >= 4 is 38.1 Å². The number of hydrogen-bond acceptors (Lipinski definition) is 8. The number of carbonyl (C=O) groups is 1. The monoisotopic (exact) mass is 425 g/mol. The summed E-state index contributed by atoms with van der Waals surface area (Å²) in [5, 5.41) is 10.1. The van der Waals surface area contributed by atoms with Gasteiger partial charge in [-0.3, -0.25) is 4.79 Å². The fraction of sp³-hybridized carbons (Fsp3) is 0.471. The molecule has 11 heteroatoms. The first kappa shape index (κ1) is 20.6. The quantitative estimate of drug-likeness (QED) is 0.646. The largest absolute Gasteiger partial charge is 0.378 e. The van der Waals surface area contributed by atoms with Gasteiger partial charge in [0.15, 0.2) is 0 Å². The number of aromatic nitrogens is 2. The topological polar surface area (TPSA) is 114 Å². The fourth-order valence-corrected chi connectivity index (χ4v) is 4.47. The zero-order valence-corrected chi connectivity index (χ0v) is 17.3. The second-order valence-electron chi connectivity index (χ2n) is 6.61. The molecule has 0 radical (unpaired) electrons. The molecule has 0 unspecified atom stereocenters. The minimum Gasteiger partial charge on any atom is -0.378 e. The molecule has 0 atom stereocenters. The molecule has 2 N–H and O–H groups in total. The minimum absolute atomic E-state index is 0.138. The number of nitrogens with one attached hydrogen (secondary N) is 2. The number of sulfonamides is 1. The Kier molecular flexibility index (Phi) is 6.60. The highest BCUT2D eigenvalue weighted by molar-refractivity contribution is 7.91. The van der Waals surface area contributed by atoms with Gasteiger partial charge in [0.2, 0.25) is 15.4 Å². The van der Waals surface area contributed by atoms with Crippen LogP contribution < -0.4 is 14.9 Å². The minimum atomic E-state index is -3.81. The maximum Gasteiger partial charge on any atom is 0.270 e. The number of rotatable bonds is 7. The number of nitrogens with zero attached hydrogens (tertiary/aromatic N) is 3. The summed E-state index contributed by atoms with van der Waals surface area (Å²) in [4.78, 5) is 13.9. The van der Waals surface area contributed by atoms with Crippen molar-refractivity contribution in [3.8, 4) is 0 Å². The molecule has 1 aliphatic heterocycles. The average Bonchev–Trinajstić information content (AvgIpc) is 3.17. The molecular formula is C17H23N5O4S2. The van der Waals surface area contributed by atoms with Crippen LogP contribution in [0.2, 0.25) is 0 Å². The summed E-state index contributed by atoms with van der Waals surface area (Å²) < 4.78 is 32.5. The second-order valence-corrected chi connectivity index (χ2v) is 9.53. The van der Waals surface area contributed by atoms with Crippen LogP contribution in [0.3, 0.4) is 0 Å². The molecule has 152 valence electrons. The lowest BCUT2D eigenvalue weighted by molar-refractivity contribution is -0.118. The van der Waals surface area contributed by atoms with Crippen LogP contribution in [0.4, 0.5) is 10.8 Å². The maximum absolute atomic E-state index is 12.4. The molecule has 1 aromatic carbocycles. The van der Waals surface area contributed by atoms with Crippen molar-refractivity contribution in [3.05, 3.63) is 29.8 Å². The second kappa shape index (κ2) is 8.95. The summed E-state index contributed by atoms with van der Waals surface area (Å²) in [6.07, 6.45) is 0. The predicted molar refractivity (Wildman–Crippen MR) is 107 cm³/mol. The zero-order chi connectivity index (χ0) is 20.1. The van der Waals surface area contributed by atoms with Gasteiger partial charge < -0.3 is 15.0 Å². The highest BCUT2D eigenvalue weighted by Gasteiger charge is 2.21. The van der Waals surface area contributed by atoms with Crippen LogP contribution >= 0.6 is 11.3 Å². The molecule has 2 heterocycles. The lowest BCUT2D eigenvalue weighted by Gasteiger charge is -2.28. The van der Waals surface area contributed by atoms with E-state index in [1.807, 2.05) is 24.3 Å². The average molecular weight is 426 g/mol. The first-order valence-electron chi connectivity index (χ1n) is 8.91. The van der Waals surface area contributed by atoms with Crippen molar-refractivity contribution in [1.29, 1.82) is 0 Å². The van der Waals surface area contributed by atoms with E-state index >= 15 is 0 Å². The van der Waals surface area contributed by atoms with Gasteiger partial charge in [0.05, 0.1) is 13.2 Å². The normalized spacial score (nSPS) is 15.0. The lowest BCUT2D eigenvalue weighted by Crippen LogP contribution is -2.36. The molecule has 3 rings (SSSR count). The molecule has 2 aromatic rings. The van der Waals surface area contributed by atoms with Gasteiger partial charge in [0, 0.05) is 31.2 Å². The summed E-state index contributed by atoms with van der Waals surface area (Å²) in [6.45, 7) is 6.72. The van der Waals surface area contributed by atoms with Gasteiger partial charge in [-0.1, -0.05) is 37.3 Å². The van der Waals surface area contributed by atoms with Crippen LogP contribution in [0.1, 0.15) is 19.4 Å². The first-order chi connectivity index (χ1) is 13.3. The molecule has 9 nitrogen and oxygen atoms in total. The number of anilines is 2. The van der Waals surface area contributed by atoms with Crippen LogP contribution in [0.5, 0.6) is 0 Å². The van der Waals surface area contributed by atoms with E-state index in [4.69, 9.17) is 4.74 Å². The molecular weight excluding hydrogens is 402 g/mol. The van der Waals surface area contributed by atoms with Crippen LogP contribution in [-0.4, -0.2) is 50.8 Å². The van der Waals surface area contributed by atoms with Crippen LogP contribution in [0, 0.1) is 5.92 Å². The van der Waals surface area contributed by atoms with Gasteiger partial charge in [-0.25, -0.2) is 13.1 Å². The Morgan fingerprint density at radius 2 is 1.89 bits per heavy atom. The molecule has 0 spiro atoms. The van der Waals surface area contributed by atoms with E-state index in [1.54, 1.807) is 13.8 Å². The number of morpholine rings is 1. The third kappa shape index (κ3) is 5.25. The maximum atomic E-state index is 12.4. The molecule has 1 aliphatic rings. The van der Waals surface area contributed by atoms with E-state index in [0.29, 0.717) is 13.2 Å². The van der Waals surface area contributed by atoms with Crippen LogP contribution in [0.25, 0.3) is 0 Å². The van der Waals surface area contributed by atoms with Crippen molar-refractivity contribution in [2.24, 2.45) is 5.92 Å². The van der Waals surface area contributed by atoms with Gasteiger partial charge in [0.1, 0.15) is 0 Å². The third-order valence-electron chi connectivity index (χ3n) is 4.17. The van der Waals surface area contributed by atoms with Crippen molar-refractivity contribution < 1.29 is 17.9 Å². The standard InChI is InChI=1S/C17H23N5O4S2/c1-12(2)15(23)19-16-20-21-17(27-16)28(24,25)18-11-13-3-5-14(6-4-13)22-7-9-26-10-8-22/h3-6,12,18H,7-11H2,1-2H3,(H,19,20,23). The molecule has 1 amide bonds. The van der Waals surface area contributed by atoms with E-state index in [0.717, 1.165) is 35.7 Å². The van der Waals surface area contributed by atoms with E-state index in [-0.39, 0.29) is 27.8 Å². The molecule has 1 saturated heterocycles. The predicted octanol–water partition coefficient (Wildman–Crippen LogP) is 1.45. The third-order valence-corrected chi connectivity index (χ3v) is 6.78. The van der Waals surface area contributed by atoms with Gasteiger partial charge in [0.25, 0.3) is 10.0 Å². The zero-order valence-electron chi connectivity index (χ0n) is 15.7. The first-order valence-corrected chi connectivity index (χ1v) is 11.2. The van der Waals surface area contributed by atoms with Crippen molar-refractivity contribution in [3.63, 3.8) is 0 Å². The van der Waals surface area contributed by atoms with Crippen molar-refractivity contribution in [1.82, 2.24) is 14.9 Å². The summed E-state index contributed by atoms with van der Waals surface area (Å²) in [5.74, 6) is -0.476. The van der Waals surface area contributed by atoms with E-state index in [2.05, 4.69) is 25.1 Å². The smallest absolute Gasteiger partial charge is 0.270 e. The molecule has 28 heavy (non-hydrogen) atoms. The molecule has 1 fully saturated rings. The van der Waals surface area contributed by atoms with Gasteiger partial charge in [-0.05, 0) is 17.7 Å². The van der Waals surface area contributed by atoms with E-state index in [1.165, 1.54) is 0 Å². The van der Waals surface area contributed by atoms with E-state index in [9.17, 15) is 13.2 Å². The SMILES string of the molecule is CC(C)C(=O)Nc1nnc(S(=O)(=O)NCc2ccc(N3CCOCC3)cc2)s1. The summed E-state index contributed by atoms with van der Waals surface area (Å²) in [6, 6.07) is 7.72. The van der Waals surface area contributed by atoms with Crippen molar-refractivity contribution in [2.75, 3.05) is 36.5 Å². The van der Waals surface area contributed by atoms with Crippen molar-refractivity contribution in [2.45, 2.75) is 24.7 Å². The van der Waals surface area contributed by atoms with Gasteiger partial charge in [-0.15, -0.1) is 10.2 Å². The lowest BCUT2D eigenvalue weighted by atomic mass is 10.2. The number of amides is 1. The number of ether oxygens (including phenoxy) is 1. The summed E-state index contributed by atoms with van der Waals surface area (Å²) >= 11 is 0.819. The van der Waals surface area contributed by atoms with Crippen LogP contribution in [-0.2, 0) is 26.1 Å². The van der Waals surface area contributed by atoms with Crippen LogP contribution in [0.15, 0.2) is 28.6 Å². The number of hydrogen-bond donors (Lipinski definition) is 2. The summed E-state index contributed by atoms with van der Waals surface area (Å²) in [5.41, 5.74) is 1.92.